The van der Waals surface area contributed by atoms with E-state index in [9.17, 15) is 9.59 Å². The third-order valence-electron chi connectivity index (χ3n) is 5.36. The molecule has 4 rings (SSSR count). The molecule has 0 spiro atoms. The van der Waals surface area contributed by atoms with Crippen molar-refractivity contribution < 1.29 is 13.9 Å². The van der Waals surface area contributed by atoms with Crippen molar-refractivity contribution in [2.45, 2.75) is 64.4 Å². The van der Waals surface area contributed by atoms with Crippen LogP contribution >= 0.6 is 0 Å². The Morgan fingerprint density at radius 1 is 1.00 bits per heavy atom. The summed E-state index contributed by atoms with van der Waals surface area (Å²) >= 11 is 0. The van der Waals surface area contributed by atoms with Crippen molar-refractivity contribution in [1.82, 2.24) is 0 Å². The zero-order chi connectivity index (χ0) is 16.7. The minimum atomic E-state index is -0.362. The first-order valence-electron chi connectivity index (χ1n) is 8.92. The summed E-state index contributed by atoms with van der Waals surface area (Å²) in [6.07, 6.45) is 6.87. The van der Waals surface area contributed by atoms with E-state index >= 15 is 0 Å². The average molecular weight is 326 g/mol. The molecule has 0 amide bonds. The van der Waals surface area contributed by atoms with Gasteiger partial charge in [-0.1, -0.05) is 0 Å². The van der Waals surface area contributed by atoms with E-state index < -0.39 is 0 Å². The lowest BCUT2D eigenvalue weighted by Crippen LogP contribution is -2.30. The van der Waals surface area contributed by atoms with Crippen molar-refractivity contribution in [1.29, 1.82) is 0 Å². The van der Waals surface area contributed by atoms with Crippen LogP contribution in [0.4, 0.5) is 0 Å². The molecule has 0 aliphatic heterocycles. The van der Waals surface area contributed by atoms with E-state index in [-0.39, 0.29) is 17.5 Å². The number of hydrogen-bond acceptors (Lipinski definition) is 4. The number of carbonyl (C=O) groups is 1. The summed E-state index contributed by atoms with van der Waals surface area (Å²) in [7, 11) is 0. The Labute approximate surface area is 140 Å². The normalized spacial score (nSPS) is 20.9. The minimum Gasteiger partial charge on any atom is -0.482 e. The van der Waals surface area contributed by atoms with Crippen molar-refractivity contribution in [2.75, 3.05) is 0 Å². The van der Waals surface area contributed by atoms with Gasteiger partial charge < -0.3 is 9.15 Å². The van der Waals surface area contributed by atoms with E-state index in [2.05, 4.69) is 0 Å². The first-order valence-corrected chi connectivity index (χ1v) is 8.92. The van der Waals surface area contributed by atoms with Gasteiger partial charge in [-0.05, 0) is 69.6 Å². The summed E-state index contributed by atoms with van der Waals surface area (Å²) < 4.78 is 11.6. The summed E-state index contributed by atoms with van der Waals surface area (Å²) in [4.78, 5) is 24.3. The summed E-state index contributed by atoms with van der Waals surface area (Å²) in [6.45, 7) is 1.91. The zero-order valence-corrected chi connectivity index (χ0v) is 14.0. The highest BCUT2D eigenvalue weighted by molar-refractivity contribution is 5.87. The monoisotopic (exact) mass is 326 g/mol. The Morgan fingerprint density at radius 3 is 2.54 bits per heavy atom. The smallest absolute Gasteiger partial charge is 0.339 e. The number of ketones is 1. The minimum absolute atomic E-state index is 0.174. The van der Waals surface area contributed by atoms with Gasteiger partial charge in [0.25, 0.3) is 0 Å². The van der Waals surface area contributed by atoms with Gasteiger partial charge in [0.2, 0.25) is 0 Å². The molecule has 0 N–H and O–H groups in total. The maximum absolute atomic E-state index is 12.3. The molecule has 4 heteroatoms. The molecule has 1 aromatic heterocycles. The number of fused-ring (bicyclic) bond motifs is 3. The van der Waals surface area contributed by atoms with Crippen LogP contribution in [0, 0.1) is 6.92 Å². The summed E-state index contributed by atoms with van der Waals surface area (Å²) in [5.74, 6) is 0.828. The highest BCUT2D eigenvalue weighted by atomic mass is 16.5. The van der Waals surface area contributed by atoms with Gasteiger partial charge in [0.05, 0.1) is 0 Å². The molecule has 1 atom stereocenters. The van der Waals surface area contributed by atoms with Gasteiger partial charge in [0.15, 0.2) is 11.9 Å². The maximum atomic E-state index is 12.3. The average Bonchev–Trinajstić information content (AvgIpc) is 2.60. The Hall–Kier alpha value is -2.10. The van der Waals surface area contributed by atoms with Crippen LogP contribution in [0.15, 0.2) is 21.3 Å². The summed E-state index contributed by atoms with van der Waals surface area (Å²) in [5.41, 5.74) is 3.18. The molecule has 1 saturated carbocycles. The molecule has 1 fully saturated rings. The van der Waals surface area contributed by atoms with Gasteiger partial charge >= 0.3 is 5.63 Å². The van der Waals surface area contributed by atoms with E-state index in [1.807, 2.05) is 19.1 Å². The third kappa shape index (κ3) is 2.54. The van der Waals surface area contributed by atoms with Crippen LogP contribution in [0.1, 0.15) is 55.2 Å². The van der Waals surface area contributed by atoms with Crippen molar-refractivity contribution in [2.24, 2.45) is 0 Å². The van der Waals surface area contributed by atoms with Gasteiger partial charge in [0.1, 0.15) is 11.3 Å². The van der Waals surface area contributed by atoms with Crippen molar-refractivity contribution in [3.63, 3.8) is 0 Å². The predicted octanol–water partition coefficient (Wildman–Crippen LogP) is 3.87. The number of hydrogen-bond donors (Lipinski definition) is 0. The molecule has 2 aliphatic carbocycles. The van der Waals surface area contributed by atoms with Gasteiger partial charge in [-0.25, -0.2) is 4.79 Å². The molecule has 2 aliphatic rings. The third-order valence-corrected chi connectivity index (χ3v) is 5.36. The van der Waals surface area contributed by atoms with Crippen LogP contribution in [-0.2, 0) is 17.6 Å². The zero-order valence-electron chi connectivity index (χ0n) is 14.0. The predicted molar refractivity (Wildman–Crippen MR) is 91.8 cm³/mol. The van der Waals surface area contributed by atoms with Crippen LogP contribution in [0.3, 0.4) is 0 Å². The molecular weight excluding hydrogens is 304 g/mol. The quantitative estimate of drug-likeness (QED) is 0.786. The van der Waals surface area contributed by atoms with E-state index in [0.717, 1.165) is 67.0 Å². The topological polar surface area (TPSA) is 56.5 Å². The molecule has 1 aromatic carbocycles. The lowest BCUT2D eigenvalue weighted by Gasteiger charge is -2.23. The largest absolute Gasteiger partial charge is 0.482 e. The highest BCUT2D eigenvalue weighted by Crippen LogP contribution is 2.33. The van der Waals surface area contributed by atoms with E-state index in [1.165, 1.54) is 0 Å². The fourth-order valence-electron chi connectivity index (χ4n) is 3.98. The lowest BCUT2D eigenvalue weighted by atomic mass is 9.90. The number of Topliss-reactive ketones (excluding diaryl/α,β-unsaturated/α-hetero) is 1. The fraction of sp³-hybridized carbons (Fsp3) is 0.500. The lowest BCUT2D eigenvalue weighted by molar-refractivity contribution is -0.127. The molecule has 24 heavy (non-hydrogen) atoms. The first-order chi connectivity index (χ1) is 11.6. The Kier molecular flexibility index (Phi) is 3.91. The van der Waals surface area contributed by atoms with Crippen LogP contribution in [-0.4, -0.2) is 11.9 Å². The van der Waals surface area contributed by atoms with E-state index in [0.29, 0.717) is 17.8 Å². The number of benzene rings is 1. The van der Waals surface area contributed by atoms with Crippen molar-refractivity contribution >= 4 is 16.8 Å². The number of rotatable bonds is 2. The summed E-state index contributed by atoms with van der Waals surface area (Å²) in [5, 5.41) is 1.02. The Balaban J connectivity index is 1.78. The molecule has 2 aromatic rings. The fourth-order valence-corrected chi connectivity index (χ4v) is 3.98. The molecule has 0 bridgehead atoms. The SMILES string of the molecule is Cc1c(OC2CCCCC2=O)ccc2c3c(c(=O)oc12)CCCC3. The molecule has 126 valence electrons. The molecule has 1 unspecified atom stereocenters. The number of ether oxygens (including phenoxy) is 1. The second kappa shape index (κ2) is 6.08. The van der Waals surface area contributed by atoms with Gasteiger partial charge in [-0.3, -0.25) is 4.79 Å². The second-order valence-corrected chi connectivity index (χ2v) is 6.94. The van der Waals surface area contributed by atoms with Crippen molar-refractivity contribution in [3.8, 4) is 5.75 Å². The second-order valence-electron chi connectivity index (χ2n) is 6.94. The molecule has 4 nitrogen and oxygen atoms in total. The van der Waals surface area contributed by atoms with Crippen LogP contribution in [0.25, 0.3) is 11.0 Å². The van der Waals surface area contributed by atoms with Crippen LogP contribution in [0.5, 0.6) is 5.75 Å². The van der Waals surface area contributed by atoms with Crippen molar-refractivity contribution in [3.05, 3.63) is 39.2 Å². The van der Waals surface area contributed by atoms with Crippen LogP contribution < -0.4 is 10.4 Å². The maximum Gasteiger partial charge on any atom is 0.339 e. The molecule has 0 saturated heterocycles. The first kappa shape index (κ1) is 15.4. The Morgan fingerprint density at radius 2 is 1.75 bits per heavy atom. The van der Waals surface area contributed by atoms with Gasteiger partial charge in [-0.15, -0.1) is 0 Å². The summed E-state index contributed by atoms with van der Waals surface area (Å²) in [6, 6.07) is 3.91. The molecular formula is C20H22O4. The van der Waals surface area contributed by atoms with E-state index in [1.54, 1.807) is 0 Å². The molecule has 1 heterocycles. The van der Waals surface area contributed by atoms with Gasteiger partial charge in [0, 0.05) is 22.9 Å². The molecule has 0 radical (unpaired) electrons. The number of aryl methyl sites for hydroxylation is 2. The number of carbonyl (C=O) groups excluding carboxylic acids is 1. The standard InChI is InChI=1S/C20H22O4/c1-12-17(23-18-9-5-4-8-16(18)21)11-10-14-13-6-2-3-7-15(13)20(22)24-19(12)14/h10-11,18H,2-9H2,1H3. The highest BCUT2D eigenvalue weighted by Gasteiger charge is 2.25. The Bertz CT molecular complexity index is 862. The van der Waals surface area contributed by atoms with Crippen LogP contribution in [0.2, 0.25) is 0 Å². The van der Waals surface area contributed by atoms with E-state index in [4.69, 9.17) is 9.15 Å². The van der Waals surface area contributed by atoms with Gasteiger partial charge in [-0.2, -0.15) is 0 Å².